The topological polar surface area (TPSA) is 110 Å². The second kappa shape index (κ2) is 7.82. The number of anilines is 2. The number of nitrogens with two attached hydrogens (primary N) is 1. The minimum Gasteiger partial charge on any atom is -0.361 e. The van der Waals surface area contributed by atoms with Crippen LogP contribution in [-0.4, -0.2) is 30.0 Å². The summed E-state index contributed by atoms with van der Waals surface area (Å²) in [5.41, 5.74) is 7.28. The number of amides is 3. The molecular formula is C20H18ClN3O4. The fourth-order valence-corrected chi connectivity index (χ4v) is 3.32. The summed E-state index contributed by atoms with van der Waals surface area (Å²) in [5, 5.41) is 2.80. The van der Waals surface area contributed by atoms with Gasteiger partial charge < -0.3 is 16.0 Å². The van der Waals surface area contributed by atoms with Gasteiger partial charge in [-0.25, -0.2) is 0 Å². The van der Waals surface area contributed by atoms with Crippen LogP contribution in [0.5, 0.6) is 0 Å². The van der Waals surface area contributed by atoms with Gasteiger partial charge in [0.2, 0.25) is 0 Å². The van der Waals surface area contributed by atoms with Crippen LogP contribution in [0.1, 0.15) is 39.1 Å². The van der Waals surface area contributed by atoms with Crippen molar-refractivity contribution in [2.75, 3.05) is 16.8 Å². The zero-order valence-corrected chi connectivity index (χ0v) is 15.9. The van der Waals surface area contributed by atoms with Crippen molar-refractivity contribution in [1.29, 1.82) is 0 Å². The maximum absolute atomic E-state index is 13.2. The number of hydrogen-bond donors (Lipinski definition) is 2. The molecule has 144 valence electrons. The fourth-order valence-electron chi connectivity index (χ4n) is 3.15. The van der Waals surface area contributed by atoms with Crippen LogP contribution in [0.15, 0.2) is 36.4 Å². The summed E-state index contributed by atoms with van der Waals surface area (Å²) >= 11 is 6.02. The zero-order chi connectivity index (χ0) is 20.4. The first-order chi connectivity index (χ1) is 13.3. The van der Waals surface area contributed by atoms with Crippen molar-refractivity contribution in [3.63, 3.8) is 0 Å². The third-order valence-corrected chi connectivity index (χ3v) is 4.75. The van der Waals surface area contributed by atoms with Crippen LogP contribution in [-0.2, 0) is 9.59 Å². The third-order valence-electron chi connectivity index (χ3n) is 4.52. The molecule has 0 unspecified atom stereocenters. The second-order valence-electron chi connectivity index (χ2n) is 6.49. The second-order valence-corrected chi connectivity index (χ2v) is 6.93. The summed E-state index contributed by atoms with van der Waals surface area (Å²) in [6, 6.07) is 9.58. The minimum atomic E-state index is -1.10. The molecule has 0 saturated carbocycles. The Morgan fingerprint density at radius 2 is 1.89 bits per heavy atom. The van der Waals surface area contributed by atoms with E-state index < -0.39 is 11.8 Å². The molecule has 0 fully saturated rings. The predicted octanol–water partition coefficient (Wildman–Crippen LogP) is 2.70. The summed E-state index contributed by atoms with van der Waals surface area (Å²) in [4.78, 5) is 49.4. The Bertz CT molecular complexity index is 1000. The molecule has 0 bridgehead atoms. The van der Waals surface area contributed by atoms with Crippen molar-refractivity contribution >= 4 is 46.5 Å². The number of nitrogens with one attached hydrogen (secondary N) is 1. The largest absolute Gasteiger partial charge is 0.361 e. The normalized spacial score (nSPS) is 13.5. The first kappa shape index (κ1) is 19.6. The maximum atomic E-state index is 13.2. The zero-order valence-electron chi connectivity index (χ0n) is 15.1. The molecule has 0 radical (unpaired) electrons. The van der Waals surface area contributed by atoms with E-state index in [1.165, 1.54) is 6.07 Å². The highest BCUT2D eigenvalue weighted by Crippen LogP contribution is 2.31. The Morgan fingerprint density at radius 1 is 1.14 bits per heavy atom. The molecule has 0 atom stereocenters. The molecule has 7 nitrogen and oxygen atoms in total. The van der Waals surface area contributed by atoms with Gasteiger partial charge in [-0.1, -0.05) is 11.6 Å². The molecule has 2 aromatic rings. The Balaban J connectivity index is 1.94. The number of fused-ring (bicyclic) bond motifs is 1. The molecule has 3 N–H and O–H groups in total. The van der Waals surface area contributed by atoms with E-state index in [1.54, 1.807) is 42.2 Å². The van der Waals surface area contributed by atoms with Gasteiger partial charge >= 0.3 is 11.8 Å². The molecule has 1 aliphatic heterocycles. The number of Topliss-reactive ketones (excluding diaryl/α,β-unsaturated/α-hetero) is 1. The fraction of sp³-hybridized carbons (Fsp3) is 0.200. The standard InChI is InChI=1S/C20H18ClN3O4/c1-11-9-13(23-19(27)18(22)26)5-6-14(11)20(28)24-8-2-3-17(25)15-10-12(21)4-7-16(15)24/h4-7,9-10H,2-3,8H2,1H3,(H2,22,26)(H,23,27). The van der Waals surface area contributed by atoms with E-state index in [1.807, 2.05) is 0 Å². The van der Waals surface area contributed by atoms with Gasteiger partial charge in [0.1, 0.15) is 0 Å². The summed E-state index contributed by atoms with van der Waals surface area (Å²) in [7, 11) is 0. The van der Waals surface area contributed by atoms with Crippen LogP contribution >= 0.6 is 11.6 Å². The number of aryl methyl sites for hydroxylation is 1. The molecule has 2 aromatic carbocycles. The van der Waals surface area contributed by atoms with Gasteiger partial charge in [0.15, 0.2) is 5.78 Å². The lowest BCUT2D eigenvalue weighted by molar-refractivity contribution is -0.134. The third kappa shape index (κ3) is 3.89. The Kier molecular flexibility index (Phi) is 5.46. The molecule has 3 rings (SSSR count). The number of benzene rings is 2. The highest BCUT2D eigenvalue weighted by molar-refractivity contribution is 6.39. The number of halogens is 1. The van der Waals surface area contributed by atoms with E-state index >= 15 is 0 Å². The molecule has 0 spiro atoms. The van der Waals surface area contributed by atoms with Crippen LogP contribution in [0.4, 0.5) is 11.4 Å². The number of primary amides is 1. The molecule has 1 heterocycles. The molecule has 28 heavy (non-hydrogen) atoms. The lowest BCUT2D eigenvalue weighted by atomic mass is 10.0. The van der Waals surface area contributed by atoms with Gasteiger partial charge in [-0.2, -0.15) is 0 Å². The van der Waals surface area contributed by atoms with Crippen molar-refractivity contribution < 1.29 is 19.2 Å². The van der Waals surface area contributed by atoms with E-state index in [0.717, 1.165) is 0 Å². The Morgan fingerprint density at radius 3 is 2.57 bits per heavy atom. The van der Waals surface area contributed by atoms with Crippen LogP contribution in [0.2, 0.25) is 5.02 Å². The van der Waals surface area contributed by atoms with Gasteiger partial charge in [0.25, 0.3) is 5.91 Å². The first-order valence-electron chi connectivity index (χ1n) is 8.64. The first-order valence-corrected chi connectivity index (χ1v) is 9.02. The summed E-state index contributed by atoms with van der Waals surface area (Å²) in [6.07, 6.45) is 0.886. The molecule has 0 aliphatic carbocycles. The van der Waals surface area contributed by atoms with E-state index in [2.05, 4.69) is 5.32 Å². The molecule has 3 amide bonds. The van der Waals surface area contributed by atoms with Gasteiger partial charge in [0, 0.05) is 34.8 Å². The van der Waals surface area contributed by atoms with Crippen LogP contribution in [0.25, 0.3) is 0 Å². The number of hydrogen-bond acceptors (Lipinski definition) is 4. The summed E-state index contributed by atoms with van der Waals surface area (Å²) in [6.45, 7) is 2.12. The molecule has 1 aliphatic rings. The van der Waals surface area contributed by atoms with Gasteiger partial charge in [-0.3, -0.25) is 19.2 Å². The Labute approximate surface area is 166 Å². The van der Waals surface area contributed by atoms with E-state index in [4.69, 9.17) is 17.3 Å². The predicted molar refractivity (Wildman–Crippen MR) is 106 cm³/mol. The van der Waals surface area contributed by atoms with Crippen molar-refractivity contribution in [3.05, 3.63) is 58.1 Å². The number of nitrogens with zero attached hydrogens (tertiary/aromatic N) is 1. The average molecular weight is 400 g/mol. The van der Waals surface area contributed by atoms with Crippen molar-refractivity contribution in [2.24, 2.45) is 5.73 Å². The molecule has 0 aromatic heterocycles. The van der Waals surface area contributed by atoms with E-state index in [-0.39, 0.29) is 11.7 Å². The molecule has 0 saturated heterocycles. The van der Waals surface area contributed by atoms with Crippen molar-refractivity contribution in [1.82, 2.24) is 0 Å². The summed E-state index contributed by atoms with van der Waals surface area (Å²) in [5.74, 6) is -2.34. The van der Waals surface area contributed by atoms with Crippen LogP contribution in [0.3, 0.4) is 0 Å². The van der Waals surface area contributed by atoms with Crippen LogP contribution < -0.4 is 16.0 Å². The van der Waals surface area contributed by atoms with Gasteiger partial charge in [-0.05, 0) is 55.3 Å². The number of carbonyl (C=O) groups is 4. The highest BCUT2D eigenvalue weighted by Gasteiger charge is 2.27. The number of ketones is 1. The Hall–Kier alpha value is -3.19. The van der Waals surface area contributed by atoms with Gasteiger partial charge in [0.05, 0.1) is 5.69 Å². The van der Waals surface area contributed by atoms with E-state index in [0.29, 0.717) is 52.5 Å². The lowest BCUT2D eigenvalue weighted by Gasteiger charge is -2.23. The minimum absolute atomic E-state index is 0.0472. The van der Waals surface area contributed by atoms with Gasteiger partial charge in [-0.15, -0.1) is 0 Å². The number of rotatable bonds is 2. The number of carbonyl (C=O) groups excluding carboxylic acids is 4. The molecular weight excluding hydrogens is 382 g/mol. The van der Waals surface area contributed by atoms with E-state index in [9.17, 15) is 19.2 Å². The SMILES string of the molecule is Cc1cc(NC(=O)C(N)=O)ccc1C(=O)N1CCCC(=O)c2cc(Cl)ccc21. The van der Waals surface area contributed by atoms with Crippen molar-refractivity contribution in [3.8, 4) is 0 Å². The maximum Gasteiger partial charge on any atom is 0.313 e. The van der Waals surface area contributed by atoms with Crippen LogP contribution in [0, 0.1) is 6.92 Å². The quantitative estimate of drug-likeness (QED) is 0.756. The highest BCUT2D eigenvalue weighted by atomic mass is 35.5. The van der Waals surface area contributed by atoms with Crippen molar-refractivity contribution in [2.45, 2.75) is 19.8 Å². The monoisotopic (exact) mass is 399 g/mol. The lowest BCUT2D eigenvalue weighted by Crippen LogP contribution is -2.32. The smallest absolute Gasteiger partial charge is 0.313 e. The average Bonchev–Trinajstić information content (AvgIpc) is 2.80. The summed E-state index contributed by atoms with van der Waals surface area (Å²) < 4.78 is 0. The molecule has 8 heteroatoms.